The van der Waals surface area contributed by atoms with Crippen LogP contribution in [0.25, 0.3) is 10.9 Å². The van der Waals surface area contributed by atoms with E-state index in [9.17, 15) is 14.0 Å². The van der Waals surface area contributed by atoms with E-state index < -0.39 is 17.3 Å². The molecular weight excluding hydrogens is 277 g/mol. The van der Waals surface area contributed by atoms with Crippen molar-refractivity contribution in [2.24, 2.45) is 11.5 Å². The number of hydrogen-bond donors (Lipinski definition) is 5. The summed E-state index contributed by atoms with van der Waals surface area (Å²) in [5.74, 6) is -1.40. The van der Waals surface area contributed by atoms with E-state index in [4.69, 9.17) is 11.5 Å². The minimum atomic E-state index is -0.895. The van der Waals surface area contributed by atoms with Crippen molar-refractivity contribution in [2.45, 2.75) is 0 Å². The van der Waals surface area contributed by atoms with Crippen LogP contribution in [0.1, 0.15) is 10.4 Å². The molecule has 0 fully saturated rings. The Labute approximate surface area is 119 Å². The van der Waals surface area contributed by atoms with E-state index in [0.717, 1.165) is 0 Å². The van der Waals surface area contributed by atoms with Crippen molar-refractivity contribution < 1.29 is 9.18 Å². The van der Waals surface area contributed by atoms with Gasteiger partial charge >= 0.3 is 0 Å². The molecule has 8 heteroatoms. The molecule has 1 amide bonds. The largest absolute Gasteiger partial charge is 0.386 e. The molecule has 0 aliphatic carbocycles. The standard InChI is InChI=1S/C13H16FN5O2/c1-17-8-5-6(14)4-7-10(8)19-13(21)9(12(16)20)11(7)18-3-2-15/h4-5,17H,2-3,15H2,1H3,(H2,16,20)(H2,18,19,21). The summed E-state index contributed by atoms with van der Waals surface area (Å²) in [6, 6.07) is 2.46. The van der Waals surface area contributed by atoms with Gasteiger partial charge < -0.3 is 27.1 Å². The van der Waals surface area contributed by atoms with Crippen molar-refractivity contribution in [1.29, 1.82) is 0 Å². The van der Waals surface area contributed by atoms with Crippen molar-refractivity contribution in [3.63, 3.8) is 0 Å². The van der Waals surface area contributed by atoms with E-state index >= 15 is 0 Å². The molecule has 1 heterocycles. The van der Waals surface area contributed by atoms with Crippen LogP contribution in [0, 0.1) is 5.82 Å². The number of hydrogen-bond acceptors (Lipinski definition) is 5. The average molecular weight is 293 g/mol. The molecule has 1 aromatic carbocycles. The van der Waals surface area contributed by atoms with Gasteiger partial charge in [-0.3, -0.25) is 9.59 Å². The van der Waals surface area contributed by atoms with Crippen molar-refractivity contribution in [3.05, 3.63) is 33.9 Å². The molecule has 0 saturated carbocycles. The van der Waals surface area contributed by atoms with Crippen molar-refractivity contribution in [3.8, 4) is 0 Å². The van der Waals surface area contributed by atoms with Crippen LogP contribution in [0.15, 0.2) is 16.9 Å². The lowest BCUT2D eigenvalue weighted by Crippen LogP contribution is -2.27. The van der Waals surface area contributed by atoms with Crippen LogP contribution in [0.3, 0.4) is 0 Å². The first kappa shape index (κ1) is 14.8. The number of pyridine rings is 1. The quantitative estimate of drug-likeness (QED) is 0.537. The highest BCUT2D eigenvalue weighted by Crippen LogP contribution is 2.29. The molecule has 0 aliphatic rings. The molecule has 1 aromatic heterocycles. The number of rotatable bonds is 5. The molecule has 112 valence electrons. The Kier molecular flexibility index (Phi) is 4.08. The van der Waals surface area contributed by atoms with Gasteiger partial charge in [-0.05, 0) is 12.1 Å². The van der Waals surface area contributed by atoms with Gasteiger partial charge in [-0.25, -0.2) is 4.39 Å². The van der Waals surface area contributed by atoms with Crippen LogP contribution in [-0.4, -0.2) is 31.0 Å². The predicted molar refractivity (Wildman–Crippen MR) is 80.1 cm³/mol. The van der Waals surface area contributed by atoms with Crippen LogP contribution in [0.2, 0.25) is 0 Å². The Balaban J connectivity index is 2.89. The number of fused-ring (bicyclic) bond motifs is 1. The summed E-state index contributed by atoms with van der Waals surface area (Å²) >= 11 is 0. The molecule has 7 N–H and O–H groups in total. The number of aromatic nitrogens is 1. The lowest BCUT2D eigenvalue weighted by Gasteiger charge is -2.14. The molecule has 0 atom stereocenters. The SMILES string of the molecule is CNc1cc(F)cc2c(NCCN)c(C(N)=O)c(=O)[nH]c12. The zero-order valence-corrected chi connectivity index (χ0v) is 11.4. The summed E-state index contributed by atoms with van der Waals surface area (Å²) in [6.45, 7) is 0.588. The predicted octanol–water partition coefficient (Wildman–Crippen LogP) is 0.178. The minimum Gasteiger partial charge on any atom is -0.386 e. The van der Waals surface area contributed by atoms with Gasteiger partial charge in [0.05, 0.1) is 16.9 Å². The molecule has 0 aliphatic heterocycles. The van der Waals surface area contributed by atoms with Gasteiger partial charge in [0.25, 0.3) is 11.5 Å². The number of nitrogens with two attached hydrogens (primary N) is 2. The molecular formula is C13H16FN5O2. The molecule has 0 unspecified atom stereocenters. The average Bonchev–Trinajstić information content (AvgIpc) is 2.43. The first-order valence-corrected chi connectivity index (χ1v) is 6.30. The lowest BCUT2D eigenvalue weighted by molar-refractivity contribution is 0.1000. The third-order valence-electron chi connectivity index (χ3n) is 3.05. The monoisotopic (exact) mass is 293 g/mol. The molecule has 2 aromatic rings. The molecule has 0 radical (unpaired) electrons. The van der Waals surface area contributed by atoms with Crippen LogP contribution < -0.4 is 27.7 Å². The maximum atomic E-state index is 13.7. The number of amides is 1. The topological polar surface area (TPSA) is 126 Å². The van der Waals surface area contributed by atoms with Crippen LogP contribution in [-0.2, 0) is 0 Å². The van der Waals surface area contributed by atoms with E-state index in [0.29, 0.717) is 23.1 Å². The highest BCUT2D eigenvalue weighted by molar-refractivity contribution is 6.08. The van der Waals surface area contributed by atoms with E-state index in [1.54, 1.807) is 7.05 Å². The summed E-state index contributed by atoms with van der Waals surface area (Å²) in [4.78, 5) is 26.1. The van der Waals surface area contributed by atoms with Crippen LogP contribution in [0.5, 0.6) is 0 Å². The van der Waals surface area contributed by atoms with E-state index in [1.165, 1.54) is 12.1 Å². The third kappa shape index (κ3) is 2.65. The van der Waals surface area contributed by atoms with Gasteiger partial charge in [0.2, 0.25) is 0 Å². The van der Waals surface area contributed by atoms with Gasteiger partial charge in [-0.2, -0.15) is 0 Å². The summed E-state index contributed by atoms with van der Waals surface area (Å²) < 4.78 is 13.7. The molecule has 0 spiro atoms. The van der Waals surface area contributed by atoms with Crippen molar-refractivity contribution in [2.75, 3.05) is 30.8 Å². The summed E-state index contributed by atoms with van der Waals surface area (Å²) in [5, 5.41) is 6.01. The fourth-order valence-electron chi connectivity index (χ4n) is 2.18. The number of aromatic amines is 1. The number of anilines is 2. The number of H-pyrrole nitrogens is 1. The minimum absolute atomic E-state index is 0.183. The number of benzene rings is 1. The van der Waals surface area contributed by atoms with Crippen LogP contribution >= 0.6 is 0 Å². The van der Waals surface area contributed by atoms with Gasteiger partial charge in [0, 0.05) is 25.5 Å². The highest BCUT2D eigenvalue weighted by Gasteiger charge is 2.19. The smallest absolute Gasteiger partial charge is 0.263 e. The number of carbonyl (C=O) groups excluding carboxylic acids is 1. The van der Waals surface area contributed by atoms with Gasteiger partial charge in [-0.15, -0.1) is 0 Å². The number of carbonyl (C=O) groups is 1. The summed E-state index contributed by atoms with van der Waals surface area (Å²) in [5.41, 5.74) is 10.7. The highest BCUT2D eigenvalue weighted by atomic mass is 19.1. The first-order chi connectivity index (χ1) is 9.99. The second-order valence-electron chi connectivity index (χ2n) is 4.41. The van der Waals surface area contributed by atoms with Crippen LogP contribution in [0.4, 0.5) is 15.8 Å². The Morgan fingerprint density at radius 2 is 2.14 bits per heavy atom. The zero-order valence-electron chi connectivity index (χ0n) is 11.4. The van der Waals surface area contributed by atoms with Gasteiger partial charge in [-0.1, -0.05) is 0 Å². The summed E-state index contributed by atoms with van der Waals surface area (Å²) in [6.07, 6.45) is 0. The fourth-order valence-corrected chi connectivity index (χ4v) is 2.18. The molecule has 2 rings (SSSR count). The van der Waals surface area contributed by atoms with Gasteiger partial charge in [0.1, 0.15) is 11.4 Å². The Morgan fingerprint density at radius 1 is 1.43 bits per heavy atom. The number of primary amides is 1. The Bertz CT molecular complexity index is 756. The number of nitrogens with one attached hydrogen (secondary N) is 3. The van der Waals surface area contributed by atoms with Crippen molar-refractivity contribution in [1.82, 2.24) is 4.98 Å². The van der Waals surface area contributed by atoms with E-state index in [2.05, 4.69) is 15.6 Å². The molecule has 21 heavy (non-hydrogen) atoms. The Morgan fingerprint density at radius 3 is 2.71 bits per heavy atom. The zero-order chi connectivity index (χ0) is 15.6. The second-order valence-corrected chi connectivity index (χ2v) is 4.41. The molecule has 0 bridgehead atoms. The molecule has 0 saturated heterocycles. The third-order valence-corrected chi connectivity index (χ3v) is 3.05. The summed E-state index contributed by atoms with van der Waals surface area (Å²) in [7, 11) is 1.60. The number of halogens is 1. The van der Waals surface area contributed by atoms with E-state index in [1.807, 2.05) is 0 Å². The lowest BCUT2D eigenvalue weighted by atomic mass is 10.1. The second kappa shape index (κ2) is 5.80. The van der Waals surface area contributed by atoms with Gasteiger partial charge in [0.15, 0.2) is 0 Å². The fraction of sp³-hybridized carbons (Fsp3) is 0.231. The maximum absolute atomic E-state index is 13.7. The normalized spacial score (nSPS) is 10.6. The van der Waals surface area contributed by atoms with E-state index in [-0.39, 0.29) is 17.8 Å². The Hall–Kier alpha value is -2.61. The first-order valence-electron chi connectivity index (χ1n) is 6.30. The molecule has 7 nitrogen and oxygen atoms in total. The van der Waals surface area contributed by atoms with Crippen molar-refractivity contribution >= 4 is 28.2 Å². The maximum Gasteiger partial charge on any atom is 0.263 e.